The Hall–Kier alpha value is -1.62. The molecule has 2 N–H and O–H groups in total. The summed E-state index contributed by atoms with van der Waals surface area (Å²) in [7, 11) is 0. The van der Waals surface area contributed by atoms with Crippen molar-refractivity contribution < 1.29 is 9.18 Å². The number of primary amides is 1. The van der Waals surface area contributed by atoms with Gasteiger partial charge in [-0.3, -0.25) is 4.90 Å². The summed E-state index contributed by atoms with van der Waals surface area (Å²) in [5, 5.41) is 0. The summed E-state index contributed by atoms with van der Waals surface area (Å²) in [6, 6.07) is 6.57. The van der Waals surface area contributed by atoms with Gasteiger partial charge in [0.15, 0.2) is 0 Å². The minimum absolute atomic E-state index is 0.162. The number of carbonyl (C=O) groups is 1. The Kier molecular flexibility index (Phi) is 4.34. The van der Waals surface area contributed by atoms with Gasteiger partial charge in [-0.2, -0.15) is 0 Å². The lowest BCUT2D eigenvalue weighted by atomic mass is 9.71. The standard InChI is InChI=1S/C17H24FN3O/c18-15-3-1-2-14(12-15)13-20-8-4-17(5-9-20)6-10-21(11-7-17)16(19)22/h1-3,12H,4-11,13H2,(H2,19,22). The first-order chi connectivity index (χ1) is 10.6. The largest absolute Gasteiger partial charge is 0.351 e. The number of nitrogens with two attached hydrogens (primary N) is 1. The normalized spacial score (nSPS) is 22.0. The lowest BCUT2D eigenvalue weighted by Gasteiger charge is -2.46. The molecule has 5 heteroatoms. The van der Waals surface area contributed by atoms with Crippen molar-refractivity contribution in [3.05, 3.63) is 35.6 Å². The van der Waals surface area contributed by atoms with Crippen molar-refractivity contribution in [1.82, 2.24) is 9.80 Å². The van der Waals surface area contributed by atoms with E-state index >= 15 is 0 Å². The van der Waals surface area contributed by atoms with Crippen LogP contribution in [0.1, 0.15) is 31.2 Å². The topological polar surface area (TPSA) is 49.6 Å². The quantitative estimate of drug-likeness (QED) is 0.913. The van der Waals surface area contributed by atoms with Crippen LogP contribution in [0.2, 0.25) is 0 Å². The summed E-state index contributed by atoms with van der Waals surface area (Å²) >= 11 is 0. The van der Waals surface area contributed by atoms with Crippen molar-refractivity contribution in [1.29, 1.82) is 0 Å². The van der Waals surface area contributed by atoms with Crippen LogP contribution in [-0.2, 0) is 6.54 Å². The Morgan fingerprint density at radius 1 is 1.14 bits per heavy atom. The molecule has 120 valence electrons. The lowest BCUT2D eigenvalue weighted by molar-refractivity contribution is 0.0436. The molecule has 3 rings (SSSR count). The SMILES string of the molecule is NC(=O)N1CCC2(CCN(Cc3cccc(F)c3)CC2)CC1. The van der Waals surface area contributed by atoms with Gasteiger partial charge in [-0.05, 0) is 61.9 Å². The van der Waals surface area contributed by atoms with Crippen LogP contribution in [0.3, 0.4) is 0 Å². The van der Waals surface area contributed by atoms with E-state index in [1.54, 1.807) is 17.0 Å². The number of piperidine rings is 2. The van der Waals surface area contributed by atoms with Gasteiger partial charge in [-0.15, -0.1) is 0 Å². The molecule has 2 aliphatic rings. The molecule has 0 bridgehead atoms. The average molecular weight is 305 g/mol. The van der Waals surface area contributed by atoms with E-state index < -0.39 is 0 Å². The van der Waals surface area contributed by atoms with Gasteiger partial charge in [0.25, 0.3) is 0 Å². The zero-order chi connectivity index (χ0) is 15.6. The number of benzene rings is 1. The molecule has 4 nitrogen and oxygen atoms in total. The molecule has 2 saturated heterocycles. The summed E-state index contributed by atoms with van der Waals surface area (Å²) in [4.78, 5) is 15.4. The fraction of sp³-hybridized carbons (Fsp3) is 0.588. The monoisotopic (exact) mass is 305 g/mol. The van der Waals surface area contributed by atoms with Gasteiger partial charge >= 0.3 is 6.03 Å². The number of nitrogens with zero attached hydrogens (tertiary/aromatic N) is 2. The van der Waals surface area contributed by atoms with Gasteiger partial charge in [0.05, 0.1) is 0 Å². The molecule has 0 aliphatic carbocycles. The van der Waals surface area contributed by atoms with E-state index in [2.05, 4.69) is 4.90 Å². The van der Waals surface area contributed by atoms with Gasteiger partial charge in [0.1, 0.15) is 5.82 Å². The van der Waals surface area contributed by atoms with Gasteiger partial charge in [-0.1, -0.05) is 12.1 Å². The summed E-state index contributed by atoms with van der Waals surface area (Å²) in [6.07, 6.45) is 4.44. The summed E-state index contributed by atoms with van der Waals surface area (Å²) in [6.45, 7) is 4.50. The number of urea groups is 1. The molecule has 2 aliphatic heterocycles. The van der Waals surface area contributed by atoms with E-state index in [0.29, 0.717) is 5.41 Å². The number of rotatable bonds is 2. The van der Waals surface area contributed by atoms with Crippen LogP contribution in [0.4, 0.5) is 9.18 Å². The van der Waals surface area contributed by atoms with Crippen molar-refractivity contribution in [2.45, 2.75) is 32.2 Å². The molecule has 2 amide bonds. The molecule has 0 unspecified atom stereocenters. The molecule has 1 aromatic carbocycles. The van der Waals surface area contributed by atoms with E-state index in [9.17, 15) is 9.18 Å². The van der Waals surface area contributed by atoms with E-state index in [-0.39, 0.29) is 11.8 Å². The highest BCUT2D eigenvalue weighted by molar-refractivity contribution is 5.72. The van der Waals surface area contributed by atoms with Gasteiger partial charge in [0.2, 0.25) is 0 Å². The molecular formula is C17H24FN3O. The summed E-state index contributed by atoms with van der Waals surface area (Å²) < 4.78 is 13.2. The van der Waals surface area contributed by atoms with E-state index in [1.165, 1.54) is 6.07 Å². The van der Waals surface area contributed by atoms with Crippen LogP contribution >= 0.6 is 0 Å². The van der Waals surface area contributed by atoms with Crippen LogP contribution < -0.4 is 5.73 Å². The first kappa shape index (κ1) is 15.3. The maximum Gasteiger partial charge on any atom is 0.314 e. The minimum atomic E-state index is -0.293. The van der Waals surface area contributed by atoms with Crippen molar-refractivity contribution in [2.24, 2.45) is 11.1 Å². The predicted octanol–water partition coefficient (Wildman–Crippen LogP) is 2.58. The van der Waals surface area contributed by atoms with Crippen molar-refractivity contribution in [3.8, 4) is 0 Å². The molecule has 22 heavy (non-hydrogen) atoms. The number of carbonyl (C=O) groups excluding carboxylic acids is 1. The number of hydrogen-bond donors (Lipinski definition) is 1. The number of amides is 2. The Balaban J connectivity index is 1.51. The zero-order valence-electron chi connectivity index (χ0n) is 12.9. The second kappa shape index (κ2) is 6.24. The Morgan fingerprint density at radius 3 is 2.36 bits per heavy atom. The first-order valence-electron chi connectivity index (χ1n) is 8.08. The highest BCUT2D eigenvalue weighted by Crippen LogP contribution is 2.41. The molecule has 1 aromatic rings. The van der Waals surface area contributed by atoms with Gasteiger partial charge < -0.3 is 10.6 Å². The van der Waals surface area contributed by atoms with Crippen molar-refractivity contribution in [2.75, 3.05) is 26.2 Å². The fourth-order valence-corrected chi connectivity index (χ4v) is 3.78. The average Bonchev–Trinajstić information content (AvgIpc) is 2.50. The maximum absolute atomic E-state index is 13.2. The smallest absolute Gasteiger partial charge is 0.314 e. The van der Waals surface area contributed by atoms with E-state index in [0.717, 1.165) is 64.0 Å². The lowest BCUT2D eigenvalue weighted by Crippen LogP contribution is -2.49. The number of hydrogen-bond acceptors (Lipinski definition) is 2. The van der Waals surface area contributed by atoms with Crippen molar-refractivity contribution in [3.63, 3.8) is 0 Å². The third kappa shape index (κ3) is 3.40. The molecule has 0 saturated carbocycles. The van der Waals surface area contributed by atoms with E-state index in [4.69, 9.17) is 5.73 Å². The Labute approximate surface area is 131 Å². The fourth-order valence-electron chi connectivity index (χ4n) is 3.78. The van der Waals surface area contributed by atoms with Crippen LogP contribution in [0.5, 0.6) is 0 Å². The van der Waals surface area contributed by atoms with Crippen molar-refractivity contribution >= 4 is 6.03 Å². The molecule has 2 heterocycles. The minimum Gasteiger partial charge on any atom is -0.351 e. The van der Waals surface area contributed by atoms with E-state index in [1.807, 2.05) is 6.07 Å². The van der Waals surface area contributed by atoms with Crippen LogP contribution in [-0.4, -0.2) is 42.0 Å². The maximum atomic E-state index is 13.2. The highest BCUT2D eigenvalue weighted by Gasteiger charge is 2.38. The zero-order valence-corrected chi connectivity index (χ0v) is 12.9. The van der Waals surface area contributed by atoms with Crippen LogP contribution in [0.25, 0.3) is 0 Å². The summed E-state index contributed by atoms with van der Waals surface area (Å²) in [5.41, 5.74) is 6.77. The molecule has 0 radical (unpaired) electrons. The highest BCUT2D eigenvalue weighted by atomic mass is 19.1. The molecule has 2 fully saturated rings. The second-order valence-corrected chi connectivity index (χ2v) is 6.73. The van der Waals surface area contributed by atoms with Gasteiger partial charge in [-0.25, -0.2) is 9.18 Å². The Morgan fingerprint density at radius 2 is 1.77 bits per heavy atom. The molecule has 0 aromatic heterocycles. The Bertz CT molecular complexity index is 530. The predicted molar refractivity (Wildman–Crippen MR) is 83.7 cm³/mol. The summed E-state index contributed by atoms with van der Waals surface area (Å²) in [5.74, 6) is -0.162. The molecule has 0 atom stereocenters. The number of likely N-dealkylation sites (tertiary alicyclic amines) is 2. The first-order valence-corrected chi connectivity index (χ1v) is 8.08. The third-order valence-corrected chi connectivity index (χ3v) is 5.35. The molecular weight excluding hydrogens is 281 g/mol. The third-order valence-electron chi connectivity index (χ3n) is 5.35. The second-order valence-electron chi connectivity index (χ2n) is 6.73. The van der Waals surface area contributed by atoms with Crippen LogP contribution in [0, 0.1) is 11.2 Å². The van der Waals surface area contributed by atoms with Gasteiger partial charge in [0, 0.05) is 19.6 Å². The number of halogens is 1. The van der Waals surface area contributed by atoms with Crippen LogP contribution in [0.15, 0.2) is 24.3 Å². The molecule has 1 spiro atoms.